The van der Waals surface area contributed by atoms with Crippen LogP contribution in [0, 0.1) is 5.92 Å². The number of hydrogen-bond donors (Lipinski definition) is 2. The van der Waals surface area contributed by atoms with E-state index >= 15 is 0 Å². The molecule has 0 saturated carbocycles. The smallest absolute Gasteiger partial charge is 0.249 e. The molecule has 1 heterocycles. The first-order valence-corrected chi connectivity index (χ1v) is 7.10. The summed E-state index contributed by atoms with van der Waals surface area (Å²) in [6.07, 6.45) is 1.16. The van der Waals surface area contributed by atoms with E-state index in [2.05, 4.69) is 36.3 Å². The zero-order valence-corrected chi connectivity index (χ0v) is 12.9. The molecule has 1 saturated heterocycles. The summed E-state index contributed by atoms with van der Waals surface area (Å²) < 4.78 is 0. The standard InChI is InChI=1S/C14H29N3O2/c1-11(2)12(18)13(19)15-10-14(16(3)4)6-8-17(5)9-7-14/h11-12,18H,6-10H2,1-5H3,(H,15,19)/t12-/m1/s1. The number of carbonyl (C=O) groups excluding carboxylic acids is 1. The van der Waals surface area contributed by atoms with E-state index in [1.54, 1.807) is 0 Å². The number of hydrogen-bond acceptors (Lipinski definition) is 4. The Morgan fingerprint density at radius 1 is 1.37 bits per heavy atom. The van der Waals surface area contributed by atoms with Gasteiger partial charge in [-0.05, 0) is 53.0 Å². The minimum atomic E-state index is -0.912. The number of aliphatic hydroxyl groups excluding tert-OH is 1. The first kappa shape index (κ1) is 16.4. The lowest BCUT2D eigenvalue weighted by molar-refractivity contribution is -0.132. The highest BCUT2D eigenvalue weighted by Crippen LogP contribution is 2.25. The lowest BCUT2D eigenvalue weighted by atomic mass is 9.86. The molecule has 0 bridgehead atoms. The molecule has 0 aliphatic carbocycles. The van der Waals surface area contributed by atoms with Crippen molar-refractivity contribution in [1.82, 2.24) is 15.1 Å². The first-order chi connectivity index (χ1) is 8.78. The lowest BCUT2D eigenvalue weighted by Gasteiger charge is -2.45. The Bertz CT molecular complexity index is 297. The molecular weight excluding hydrogens is 242 g/mol. The van der Waals surface area contributed by atoms with E-state index in [-0.39, 0.29) is 17.4 Å². The fourth-order valence-corrected chi connectivity index (χ4v) is 2.48. The van der Waals surface area contributed by atoms with Crippen LogP contribution in [0.5, 0.6) is 0 Å². The van der Waals surface area contributed by atoms with Crippen molar-refractivity contribution >= 4 is 5.91 Å². The highest BCUT2D eigenvalue weighted by Gasteiger charge is 2.36. The summed E-state index contributed by atoms with van der Waals surface area (Å²) in [7, 11) is 6.26. The fourth-order valence-electron chi connectivity index (χ4n) is 2.48. The Morgan fingerprint density at radius 3 is 2.32 bits per heavy atom. The molecule has 0 aromatic carbocycles. The Morgan fingerprint density at radius 2 is 1.89 bits per heavy atom. The molecule has 2 N–H and O–H groups in total. The normalized spacial score (nSPS) is 21.7. The van der Waals surface area contributed by atoms with Crippen molar-refractivity contribution in [2.75, 3.05) is 40.8 Å². The van der Waals surface area contributed by atoms with E-state index in [4.69, 9.17) is 0 Å². The summed E-state index contributed by atoms with van der Waals surface area (Å²) >= 11 is 0. The maximum Gasteiger partial charge on any atom is 0.249 e. The van der Waals surface area contributed by atoms with Gasteiger partial charge in [-0.25, -0.2) is 0 Å². The van der Waals surface area contributed by atoms with Crippen LogP contribution in [-0.4, -0.2) is 73.2 Å². The van der Waals surface area contributed by atoms with Gasteiger partial charge < -0.3 is 20.2 Å². The maximum atomic E-state index is 11.9. The maximum absolute atomic E-state index is 11.9. The Balaban J connectivity index is 2.58. The summed E-state index contributed by atoms with van der Waals surface area (Å²) in [5, 5.41) is 12.7. The minimum Gasteiger partial charge on any atom is -0.383 e. The summed E-state index contributed by atoms with van der Waals surface area (Å²) in [6.45, 7) is 6.39. The number of nitrogens with zero attached hydrogens (tertiary/aromatic N) is 2. The number of rotatable bonds is 5. The second kappa shape index (κ2) is 6.68. The molecule has 1 rings (SSSR count). The van der Waals surface area contributed by atoms with Gasteiger partial charge in [0.05, 0.1) is 0 Å². The molecule has 0 spiro atoms. The van der Waals surface area contributed by atoms with Gasteiger partial charge in [-0.3, -0.25) is 4.79 Å². The fraction of sp³-hybridized carbons (Fsp3) is 0.929. The van der Waals surface area contributed by atoms with Crippen molar-refractivity contribution in [2.45, 2.75) is 38.3 Å². The molecule has 0 aromatic heterocycles. The van der Waals surface area contributed by atoms with Crippen LogP contribution in [0.15, 0.2) is 0 Å². The van der Waals surface area contributed by atoms with Crippen molar-refractivity contribution in [2.24, 2.45) is 5.92 Å². The molecule has 112 valence electrons. The summed E-state index contributed by atoms with van der Waals surface area (Å²) in [5.74, 6) is -0.303. The summed E-state index contributed by atoms with van der Waals surface area (Å²) in [4.78, 5) is 16.4. The third-order valence-corrected chi connectivity index (χ3v) is 4.36. The van der Waals surface area contributed by atoms with Crippen molar-refractivity contribution in [3.8, 4) is 0 Å². The van der Waals surface area contributed by atoms with Crippen molar-refractivity contribution in [1.29, 1.82) is 0 Å². The van der Waals surface area contributed by atoms with Gasteiger partial charge in [0.2, 0.25) is 5.91 Å². The van der Waals surface area contributed by atoms with Gasteiger partial charge in [0.25, 0.3) is 0 Å². The van der Waals surface area contributed by atoms with E-state index in [0.29, 0.717) is 6.54 Å². The Kier molecular flexibility index (Phi) is 5.77. The second-order valence-electron chi connectivity index (χ2n) is 6.33. The molecule has 0 aromatic rings. The van der Waals surface area contributed by atoms with E-state index in [1.165, 1.54) is 0 Å². The molecule has 0 unspecified atom stereocenters. The van der Waals surface area contributed by atoms with Gasteiger partial charge in [0.15, 0.2) is 0 Å². The van der Waals surface area contributed by atoms with Gasteiger partial charge in [0, 0.05) is 12.1 Å². The van der Waals surface area contributed by atoms with Gasteiger partial charge in [-0.15, -0.1) is 0 Å². The average molecular weight is 271 g/mol. The molecule has 1 atom stereocenters. The van der Waals surface area contributed by atoms with Gasteiger partial charge in [0.1, 0.15) is 6.10 Å². The Labute approximate surface area is 117 Å². The van der Waals surface area contributed by atoms with E-state index < -0.39 is 6.10 Å². The molecule has 1 aliphatic rings. The SMILES string of the molecule is CC(C)[C@@H](O)C(=O)NCC1(N(C)C)CCN(C)CC1. The molecule has 19 heavy (non-hydrogen) atoms. The quantitative estimate of drug-likeness (QED) is 0.747. The number of amides is 1. The highest BCUT2D eigenvalue weighted by atomic mass is 16.3. The lowest BCUT2D eigenvalue weighted by Crippen LogP contribution is -2.58. The third-order valence-electron chi connectivity index (χ3n) is 4.36. The van der Waals surface area contributed by atoms with Gasteiger partial charge >= 0.3 is 0 Å². The highest BCUT2D eigenvalue weighted by molar-refractivity contribution is 5.80. The van der Waals surface area contributed by atoms with Crippen LogP contribution in [0.3, 0.4) is 0 Å². The molecule has 1 amide bonds. The van der Waals surface area contributed by atoms with Crippen LogP contribution in [0.4, 0.5) is 0 Å². The largest absolute Gasteiger partial charge is 0.383 e. The van der Waals surface area contributed by atoms with Crippen LogP contribution in [0.2, 0.25) is 0 Å². The molecular formula is C14H29N3O2. The minimum absolute atomic E-state index is 0.0128. The third kappa shape index (κ3) is 4.16. The van der Waals surface area contributed by atoms with E-state index in [0.717, 1.165) is 25.9 Å². The van der Waals surface area contributed by atoms with Gasteiger partial charge in [-0.1, -0.05) is 13.8 Å². The van der Waals surface area contributed by atoms with Crippen molar-refractivity contribution in [3.05, 3.63) is 0 Å². The van der Waals surface area contributed by atoms with Gasteiger partial charge in [-0.2, -0.15) is 0 Å². The van der Waals surface area contributed by atoms with Crippen LogP contribution < -0.4 is 5.32 Å². The predicted octanol–water partition coefficient (Wildman–Crippen LogP) is 0.146. The molecule has 5 nitrogen and oxygen atoms in total. The predicted molar refractivity (Wildman–Crippen MR) is 77.0 cm³/mol. The Hall–Kier alpha value is -0.650. The molecule has 1 aliphatic heterocycles. The molecule has 1 fully saturated rings. The zero-order valence-electron chi connectivity index (χ0n) is 12.9. The number of nitrogens with one attached hydrogen (secondary N) is 1. The number of likely N-dealkylation sites (tertiary alicyclic amines) is 1. The van der Waals surface area contributed by atoms with E-state index in [9.17, 15) is 9.90 Å². The summed E-state index contributed by atoms with van der Waals surface area (Å²) in [6, 6.07) is 0. The van der Waals surface area contributed by atoms with Crippen LogP contribution in [0.1, 0.15) is 26.7 Å². The van der Waals surface area contributed by atoms with E-state index in [1.807, 2.05) is 13.8 Å². The number of likely N-dealkylation sites (N-methyl/N-ethyl adjacent to an activating group) is 1. The monoisotopic (exact) mass is 271 g/mol. The number of carbonyl (C=O) groups is 1. The molecule has 5 heteroatoms. The van der Waals surface area contributed by atoms with Crippen molar-refractivity contribution in [3.63, 3.8) is 0 Å². The molecule has 0 radical (unpaired) electrons. The summed E-state index contributed by atoms with van der Waals surface area (Å²) in [5.41, 5.74) is 0.0128. The second-order valence-corrected chi connectivity index (χ2v) is 6.33. The van der Waals surface area contributed by atoms with Crippen molar-refractivity contribution < 1.29 is 9.90 Å². The topological polar surface area (TPSA) is 55.8 Å². The first-order valence-electron chi connectivity index (χ1n) is 7.10. The average Bonchev–Trinajstić information content (AvgIpc) is 2.36. The van der Waals surface area contributed by atoms with Crippen LogP contribution >= 0.6 is 0 Å². The number of aliphatic hydroxyl groups is 1. The van der Waals surface area contributed by atoms with Crippen LogP contribution in [0.25, 0.3) is 0 Å². The number of piperidine rings is 1. The zero-order chi connectivity index (χ0) is 14.6. The van der Waals surface area contributed by atoms with Crippen LogP contribution in [-0.2, 0) is 4.79 Å².